The lowest BCUT2D eigenvalue weighted by molar-refractivity contribution is -0.140. The average Bonchev–Trinajstić information content (AvgIpc) is 2.03. The molecule has 4 nitrogen and oxygen atoms in total. The van der Waals surface area contributed by atoms with Gasteiger partial charge in [0, 0.05) is 6.61 Å². The van der Waals surface area contributed by atoms with Gasteiger partial charge in [0.05, 0.1) is 6.61 Å². The Labute approximate surface area is 72.0 Å². The van der Waals surface area contributed by atoms with Crippen molar-refractivity contribution in [2.75, 3.05) is 13.2 Å². The second-order valence-corrected chi connectivity index (χ2v) is 2.45. The van der Waals surface area contributed by atoms with Gasteiger partial charge in [-0.3, -0.25) is 4.79 Å². The molecule has 1 atom stereocenters. The summed E-state index contributed by atoms with van der Waals surface area (Å²) in [5.74, 6) is -1.03. The van der Waals surface area contributed by atoms with Crippen LogP contribution in [-0.4, -0.2) is 30.3 Å². The molecule has 0 aromatic rings. The molecule has 0 aliphatic carbocycles. The van der Waals surface area contributed by atoms with Crippen molar-refractivity contribution < 1.29 is 14.6 Å². The minimum atomic E-state index is -1.03. The van der Waals surface area contributed by atoms with E-state index >= 15 is 0 Å². The Bertz CT molecular complexity index is 147. The summed E-state index contributed by atoms with van der Waals surface area (Å²) in [6.45, 7) is 4.16. The van der Waals surface area contributed by atoms with Crippen molar-refractivity contribution in [2.24, 2.45) is 5.73 Å². The van der Waals surface area contributed by atoms with Crippen molar-refractivity contribution in [3.05, 3.63) is 12.7 Å². The predicted octanol–water partition coefficient (Wildman–Crippen LogP) is 0.381. The monoisotopic (exact) mass is 173 g/mol. The molecule has 0 aliphatic rings. The number of ether oxygens (including phenoxy) is 1. The average molecular weight is 173 g/mol. The number of carboxylic acids is 1. The van der Waals surface area contributed by atoms with Crippen LogP contribution in [0.5, 0.6) is 0 Å². The number of unbranched alkanes of at least 4 members (excludes halogenated alkanes) is 1. The van der Waals surface area contributed by atoms with E-state index < -0.39 is 12.0 Å². The maximum atomic E-state index is 10.2. The Kier molecular flexibility index (Phi) is 6.32. The van der Waals surface area contributed by atoms with Crippen molar-refractivity contribution >= 4 is 5.97 Å². The minimum absolute atomic E-state index is 0.0759. The number of hydrogen-bond acceptors (Lipinski definition) is 3. The molecule has 0 aliphatic heterocycles. The standard InChI is InChI=1S/C8H15NO3/c1-2-3-4-5-12-6-7(9)8(10)11/h2,7H,1,3-6,9H2,(H,10,11). The highest BCUT2D eigenvalue weighted by Gasteiger charge is 2.10. The van der Waals surface area contributed by atoms with Crippen molar-refractivity contribution in [3.63, 3.8) is 0 Å². The second-order valence-electron chi connectivity index (χ2n) is 2.45. The van der Waals surface area contributed by atoms with Crippen LogP contribution in [0.15, 0.2) is 12.7 Å². The molecule has 0 saturated heterocycles. The number of aliphatic carboxylic acids is 1. The van der Waals surface area contributed by atoms with Gasteiger partial charge in [0.25, 0.3) is 0 Å². The molecule has 0 spiro atoms. The fraction of sp³-hybridized carbons (Fsp3) is 0.625. The van der Waals surface area contributed by atoms with Crippen LogP contribution in [0.25, 0.3) is 0 Å². The van der Waals surface area contributed by atoms with Crippen LogP contribution in [-0.2, 0) is 9.53 Å². The van der Waals surface area contributed by atoms with Crippen molar-refractivity contribution in [3.8, 4) is 0 Å². The van der Waals surface area contributed by atoms with Crippen LogP contribution in [0.1, 0.15) is 12.8 Å². The minimum Gasteiger partial charge on any atom is -0.480 e. The maximum Gasteiger partial charge on any atom is 0.322 e. The molecule has 0 heterocycles. The third-order valence-corrected chi connectivity index (χ3v) is 1.31. The van der Waals surface area contributed by atoms with Crippen LogP contribution in [0.4, 0.5) is 0 Å². The number of allylic oxidation sites excluding steroid dienone is 1. The van der Waals surface area contributed by atoms with Crippen LogP contribution < -0.4 is 5.73 Å². The summed E-state index contributed by atoms with van der Waals surface area (Å²) in [7, 11) is 0. The molecule has 0 aromatic heterocycles. The highest BCUT2D eigenvalue weighted by Crippen LogP contribution is 1.91. The zero-order chi connectivity index (χ0) is 9.40. The van der Waals surface area contributed by atoms with Gasteiger partial charge >= 0.3 is 5.97 Å². The topological polar surface area (TPSA) is 72.5 Å². The summed E-state index contributed by atoms with van der Waals surface area (Å²) in [5, 5.41) is 8.36. The Morgan fingerprint density at radius 3 is 2.92 bits per heavy atom. The van der Waals surface area contributed by atoms with Gasteiger partial charge in [0.15, 0.2) is 0 Å². The molecule has 3 N–H and O–H groups in total. The van der Waals surface area contributed by atoms with Crippen LogP contribution >= 0.6 is 0 Å². The predicted molar refractivity (Wildman–Crippen MR) is 45.9 cm³/mol. The summed E-state index contributed by atoms with van der Waals surface area (Å²) < 4.78 is 5.01. The lowest BCUT2D eigenvalue weighted by atomic mass is 10.3. The molecule has 4 heteroatoms. The number of nitrogens with two attached hydrogens (primary N) is 1. The van der Waals surface area contributed by atoms with Gasteiger partial charge in [-0.15, -0.1) is 6.58 Å². The smallest absolute Gasteiger partial charge is 0.322 e. The molecule has 12 heavy (non-hydrogen) atoms. The first-order valence-electron chi connectivity index (χ1n) is 3.85. The van der Waals surface area contributed by atoms with Gasteiger partial charge in [0.1, 0.15) is 6.04 Å². The third-order valence-electron chi connectivity index (χ3n) is 1.31. The molecular weight excluding hydrogens is 158 g/mol. The Morgan fingerprint density at radius 2 is 2.42 bits per heavy atom. The number of hydrogen-bond donors (Lipinski definition) is 2. The van der Waals surface area contributed by atoms with Gasteiger partial charge in [-0.05, 0) is 12.8 Å². The first-order valence-corrected chi connectivity index (χ1v) is 3.85. The summed E-state index contributed by atoms with van der Waals surface area (Å²) in [4.78, 5) is 10.2. The van der Waals surface area contributed by atoms with Gasteiger partial charge in [-0.25, -0.2) is 0 Å². The molecular formula is C8H15NO3. The molecule has 0 radical (unpaired) electrons. The van der Waals surface area contributed by atoms with E-state index in [9.17, 15) is 4.79 Å². The van der Waals surface area contributed by atoms with E-state index in [0.29, 0.717) is 6.61 Å². The third kappa shape index (κ3) is 5.88. The van der Waals surface area contributed by atoms with Crippen molar-refractivity contribution in [1.29, 1.82) is 0 Å². The van der Waals surface area contributed by atoms with E-state index in [2.05, 4.69) is 6.58 Å². The quantitative estimate of drug-likeness (QED) is 0.431. The van der Waals surface area contributed by atoms with E-state index in [1.165, 1.54) is 0 Å². The lowest BCUT2D eigenvalue weighted by Crippen LogP contribution is -2.34. The van der Waals surface area contributed by atoms with Gasteiger partial charge in [-0.1, -0.05) is 6.08 Å². The second kappa shape index (κ2) is 6.82. The molecule has 0 amide bonds. The highest BCUT2D eigenvalue weighted by molar-refractivity contribution is 5.73. The van der Waals surface area contributed by atoms with Crippen molar-refractivity contribution in [2.45, 2.75) is 18.9 Å². The van der Waals surface area contributed by atoms with Gasteiger partial charge in [0.2, 0.25) is 0 Å². The van der Waals surface area contributed by atoms with E-state index in [1.54, 1.807) is 6.08 Å². The maximum absolute atomic E-state index is 10.2. The zero-order valence-corrected chi connectivity index (χ0v) is 7.03. The molecule has 0 fully saturated rings. The lowest BCUT2D eigenvalue weighted by Gasteiger charge is -2.06. The summed E-state index contributed by atoms with van der Waals surface area (Å²) in [6, 6.07) is -0.909. The number of carboxylic acid groups (broad SMARTS) is 1. The van der Waals surface area contributed by atoms with E-state index in [4.69, 9.17) is 15.6 Å². The Morgan fingerprint density at radius 1 is 1.75 bits per heavy atom. The van der Waals surface area contributed by atoms with Crippen LogP contribution in [0.3, 0.4) is 0 Å². The fourth-order valence-electron chi connectivity index (χ4n) is 0.611. The summed E-state index contributed by atoms with van der Waals surface area (Å²) in [5.41, 5.74) is 5.19. The normalized spacial score (nSPS) is 12.4. The molecule has 0 aromatic carbocycles. The molecule has 0 bridgehead atoms. The SMILES string of the molecule is C=CCCCOCC(N)C(=O)O. The Balaban J connectivity index is 3.19. The number of rotatable bonds is 7. The highest BCUT2D eigenvalue weighted by atomic mass is 16.5. The van der Waals surface area contributed by atoms with Crippen molar-refractivity contribution in [1.82, 2.24) is 0 Å². The molecule has 1 unspecified atom stereocenters. The molecule has 0 rings (SSSR count). The van der Waals surface area contributed by atoms with Crippen LogP contribution in [0, 0.1) is 0 Å². The fourth-order valence-corrected chi connectivity index (χ4v) is 0.611. The largest absolute Gasteiger partial charge is 0.480 e. The van der Waals surface area contributed by atoms with Gasteiger partial charge < -0.3 is 15.6 Å². The Hall–Kier alpha value is -0.870. The zero-order valence-electron chi connectivity index (χ0n) is 7.03. The summed E-state index contributed by atoms with van der Waals surface area (Å²) in [6.07, 6.45) is 3.53. The molecule has 0 saturated carbocycles. The summed E-state index contributed by atoms with van der Waals surface area (Å²) >= 11 is 0. The van der Waals surface area contributed by atoms with E-state index in [-0.39, 0.29) is 6.61 Å². The first-order chi connectivity index (χ1) is 5.68. The van der Waals surface area contributed by atoms with Crippen LogP contribution in [0.2, 0.25) is 0 Å². The molecule has 70 valence electrons. The first kappa shape index (κ1) is 11.1. The van der Waals surface area contributed by atoms with E-state index in [1.807, 2.05) is 0 Å². The van der Waals surface area contributed by atoms with E-state index in [0.717, 1.165) is 12.8 Å². The number of carbonyl (C=O) groups is 1. The van der Waals surface area contributed by atoms with Gasteiger partial charge in [-0.2, -0.15) is 0 Å².